The smallest absolute Gasteiger partial charge is 0.323 e. The van der Waals surface area contributed by atoms with Gasteiger partial charge in [0.05, 0.1) is 6.61 Å². The van der Waals surface area contributed by atoms with E-state index in [2.05, 4.69) is 5.32 Å². The molecule has 0 aromatic heterocycles. The molecule has 1 aromatic rings. The molecule has 2 rings (SSSR count). The number of rotatable bonds is 9. The fourth-order valence-electron chi connectivity index (χ4n) is 2.02. The van der Waals surface area contributed by atoms with Crippen molar-refractivity contribution < 1.29 is 9.53 Å². The van der Waals surface area contributed by atoms with Crippen molar-refractivity contribution in [3.63, 3.8) is 0 Å². The fourth-order valence-corrected chi connectivity index (χ4v) is 3.12. The highest BCUT2D eigenvalue weighted by atomic mass is 35.5. The van der Waals surface area contributed by atoms with Gasteiger partial charge in [-0.05, 0) is 49.6 Å². The number of carbonyl (C=O) groups excluding carboxylic acids is 1. The number of nitrogens with one attached hydrogen (secondary N) is 1. The maximum Gasteiger partial charge on any atom is 0.323 e. The van der Waals surface area contributed by atoms with Gasteiger partial charge in [0.15, 0.2) is 0 Å². The third-order valence-corrected chi connectivity index (χ3v) is 4.63. The van der Waals surface area contributed by atoms with Gasteiger partial charge in [0.25, 0.3) is 0 Å². The SMILES string of the molecule is CCOC(=O)C(CCSCc1ccc(Cl)cc1)NC1CC1. The van der Waals surface area contributed by atoms with Gasteiger partial charge in [-0.3, -0.25) is 4.79 Å². The van der Waals surface area contributed by atoms with Crippen LogP contribution in [0.1, 0.15) is 31.7 Å². The van der Waals surface area contributed by atoms with E-state index in [0.717, 1.165) is 22.9 Å². The summed E-state index contributed by atoms with van der Waals surface area (Å²) in [5.41, 5.74) is 1.26. The second-order valence-corrected chi connectivity index (χ2v) is 6.75. The fraction of sp³-hybridized carbons (Fsp3) is 0.562. The molecule has 1 atom stereocenters. The van der Waals surface area contributed by atoms with Gasteiger partial charge in [-0.2, -0.15) is 11.8 Å². The molecule has 0 saturated heterocycles. The molecule has 0 radical (unpaired) electrons. The molecule has 116 valence electrons. The zero-order valence-electron chi connectivity index (χ0n) is 12.3. The van der Waals surface area contributed by atoms with Crippen LogP contribution in [0.4, 0.5) is 0 Å². The topological polar surface area (TPSA) is 38.3 Å². The number of esters is 1. The molecule has 1 unspecified atom stereocenters. The Morgan fingerprint density at radius 3 is 2.76 bits per heavy atom. The number of benzene rings is 1. The summed E-state index contributed by atoms with van der Waals surface area (Å²) < 4.78 is 5.14. The molecular weight excluding hydrogens is 306 g/mol. The van der Waals surface area contributed by atoms with Gasteiger partial charge in [-0.25, -0.2) is 0 Å². The number of thioether (sulfide) groups is 1. The summed E-state index contributed by atoms with van der Waals surface area (Å²) >= 11 is 7.70. The Morgan fingerprint density at radius 1 is 1.43 bits per heavy atom. The highest BCUT2D eigenvalue weighted by Crippen LogP contribution is 2.21. The number of hydrogen-bond donors (Lipinski definition) is 1. The molecule has 1 N–H and O–H groups in total. The van der Waals surface area contributed by atoms with Crippen LogP contribution < -0.4 is 5.32 Å². The Balaban J connectivity index is 1.70. The van der Waals surface area contributed by atoms with Crippen molar-refractivity contribution in [1.29, 1.82) is 0 Å². The van der Waals surface area contributed by atoms with Crippen molar-refractivity contribution in [2.24, 2.45) is 0 Å². The molecule has 0 bridgehead atoms. The summed E-state index contributed by atoms with van der Waals surface area (Å²) in [5, 5.41) is 4.14. The summed E-state index contributed by atoms with van der Waals surface area (Å²) in [7, 11) is 0. The molecule has 3 nitrogen and oxygen atoms in total. The summed E-state index contributed by atoms with van der Waals surface area (Å²) in [6, 6.07) is 8.26. The van der Waals surface area contributed by atoms with Crippen molar-refractivity contribution in [3.8, 4) is 0 Å². The first-order valence-electron chi connectivity index (χ1n) is 7.44. The van der Waals surface area contributed by atoms with E-state index in [-0.39, 0.29) is 12.0 Å². The van der Waals surface area contributed by atoms with E-state index < -0.39 is 0 Å². The second kappa shape index (κ2) is 8.66. The number of carbonyl (C=O) groups is 1. The van der Waals surface area contributed by atoms with E-state index in [1.165, 1.54) is 18.4 Å². The second-order valence-electron chi connectivity index (χ2n) is 5.21. The molecule has 5 heteroatoms. The van der Waals surface area contributed by atoms with Crippen LogP contribution in [-0.2, 0) is 15.3 Å². The van der Waals surface area contributed by atoms with E-state index in [0.29, 0.717) is 12.6 Å². The third kappa shape index (κ3) is 6.29. The molecule has 0 aliphatic heterocycles. The summed E-state index contributed by atoms with van der Waals surface area (Å²) in [5.74, 6) is 1.76. The predicted octanol–water partition coefficient (Wildman–Crippen LogP) is 3.65. The Labute approximate surface area is 135 Å². The van der Waals surface area contributed by atoms with Crippen molar-refractivity contribution in [1.82, 2.24) is 5.32 Å². The monoisotopic (exact) mass is 327 g/mol. The van der Waals surface area contributed by atoms with E-state index in [4.69, 9.17) is 16.3 Å². The maximum atomic E-state index is 11.9. The van der Waals surface area contributed by atoms with E-state index in [1.807, 2.05) is 43.0 Å². The third-order valence-electron chi connectivity index (χ3n) is 3.32. The Kier molecular flexibility index (Phi) is 6.87. The van der Waals surface area contributed by atoms with Crippen molar-refractivity contribution >= 4 is 29.3 Å². The number of hydrogen-bond acceptors (Lipinski definition) is 4. The largest absolute Gasteiger partial charge is 0.465 e. The molecule has 0 heterocycles. The zero-order chi connectivity index (χ0) is 15.1. The molecule has 1 saturated carbocycles. The minimum absolute atomic E-state index is 0.114. The Hall–Kier alpha value is -0.710. The Morgan fingerprint density at radius 2 is 2.14 bits per heavy atom. The predicted molar refractivity (Wildman–Crippen MR) is 88.8 cm³/mol. The maximum absolute atomic E-state index is 11.9. The lowest BCUT2D eigenvalue weighted by molar-refractivity contribution is -0.145. The summed E-state index contributed by atoms with van der Waals surface area (Å²) in [4.78, 5) is 11.9. The first kappa shape index (κ1) is 16.7. The lowest BCUT2D eigenvalue weighted by Gasteiger charge is -2.16. The molecule has 1 aliphatic carbocycles. The highest BCUT2D eigenvalue weighted by molar-refractivity contribution is 7.98. The molecule has 21 heavy (non-hydrogen) atoms. The van der Waals surface area contributed by atoms with Crippen LogP contribution in [0.15, 0.2) is 24.3 Å². The Bertz CT molecular complexity index is 448. The van der Waals surface area contributed by atoms with Crippen LogP contribution in [-0.4, -0.2) is 30.4 Å². The van der Waals surface area contributed by atoms with Crippen LogP contribution in [0.2, 0.25) is 5.02 Å². The molecule has 0 amide bonds. The van der Waals surface area contributed by atoms with Crippen LogP contribution in [0.25, 0.3) is 0 Å². The van der Waals surface area contributed by atoms with Gasteiger partial charge in [0.1, 0.15) is 6.04 Å². The van der Waals surface area contributed by atoms with Gasteiger partial charge in [-0.1, -0.05) is 23.7 Å². The number of ether oxygens (including phenoxy) is 1. The van der Waals surface area contributed by atoms with Gasteiger partial charge in [0, 0.05) is 16.8 Å². The van der Waals surface area contributed by atoms with Crippen LogP contribution in [0.5, 0.6) is 0 Å². The molecular formula is C16H22ClNO2S. The van der Waals surface area contributed by atoms with Crippen LogP contribution >= 0.6 is 23.4 Å². The molecule has 1 fully saturated rings. The molecule has 0 spiro atoms. The zero-order valence-corrected chi connectivity index (χ0v) is 13.9. The molecule has 1 aliphatic rings. The average molecular weight is 328 g/mol. The van der Waals surface area contributed by atoms with Gasteiger partial charge < -0.3 is 10.1 Å². The van der Waals surface area contributed by atoms with Gasteiger partial charge in [-0.15, -0.1) is 0 Å². The minimum Gasteiger partial charge on any atom is -0.465 e. The van der Waals surface area contributed by atoms with Gasteiger partial charge in [0.2, 0.25) is 0 Å². The first-order valence-corrected chi connectivity index (χ1v) is 8.97. The molecule has 1 aromatic carbocycles. The quantitative estimate of drug-likeness (QED) is 0.555. The van der Waals surface area contributed by atoms with E-state index in [9.17, 15) is 4.79 Å². The van der Waals surface area contributed by atoms with E-state index in [1.54, 1.807) is 0 Å². The van der Waals surface area contributed by atoms with Crippen molar-refractivity contribution in [2.75, 3.05) is 12.4 Å². The standard InChI is InChI=1S/C16H22ClNO2S/c1-2-20-16(19)15(18-14-7-8-14)9-10-21-11-12-3-5-13(17)6-4-12/h3-6,14-15,18H,2,7-11H2,1H3. The van der Waals surface area contributed by atoms with Crippen molar-refractivity contribution in [2.45, 2.75) is 44.0 Å². The lowest BCUT2D eigenvalue weighted by Crippen LogP contribution is -2.39. The summed E-state index contributed by atoms with van der Waals surface area (Å²) in [6.45, 7) is 2.29. The van der Waals surface area contributed by atoms with Crippen LogP contribution in [0.3, 0.4) is 0 Å². The average Bonchev–Trinajstić information content (AvgIpc) is 3.28. The van der Waals surface area contributed by atoms with Crippen LogP contribution in [0, 0.1) is 0 Å². The minimum atomic E-state index is -0.157. The first-order chi connectivity index (χ1) is 10.2. The number of halogens is 1. The summed E-state index contributed by atoms with van der Waals surface area (Å²) in [6.07, 6.45) is 3.16. The van der Waals surface area contributed by atoms with Gasteiger partial charge >= 0.3 is 5.97 Å². The van der Waals surface area contributed by atoms with E-state index >= 15 is 0 Å². The highest BCUT2D eigenvalue weighted by Gasteiger charge is 2.28. The van der Waals surface area contributed by atoms with Crippen molar-refractivity contribution in [3.05, 3.63) is 34.9 Å². The normalized spacial score (nSPS) is 15.7. The lowest BCUT2D eigenvalue weighted by atomic mass is 10.2.